The zero-order valence-electron chi connectivity index (χ0n) is 17.6. The summed E-state index contributed by atoms with van der Waals surface area (Å²) in [7, 11) is 3.07. The maximum Gasteiger partial charge on any atom is 0.338 e. The molecule has 1 unspecified atom stereocenters. The number of aryl methyl sites for hydroxylation is 2. The van der Waals surface area contributed by atoms with Crippen LogP contribution in [0.3, 0.4) is 0 Å². The average molecular weight is 388 g/mol. The summed E-state index contributed by atoms with van der Waals surface area (Å²) in [5.41, 5.74) is 3.49. The Bertz CT molecular complexity index is 696. The van der Waals surface area contributed by atoms with Crippen LogP contribution >= 0.6 is 0 Å². The number of amides is 1. The van der Waals surface area contributed by atoms with Crippen molar-refractivity contribution in [2.45, 2.75) is 46.0 Å². The fourth-order valence-electron chi connectivity index (χ4n) is 3.23. The second kappa shape index (κ2) is 12.1. The van der Waals surface area contributed by atoms with Crippen molar-refractivity contribution in [2.24, 2.45) is 5.92 Å². The molecule has 1 aromatic carbocycles. The molecule has 0 spiro atoms. The number of allylic oxidation sites excluding steroid dienone is 1. The topological polar surface area (TPSA) is 55.8 Å². The van der Waals surface area contributed by atoms with Crippen LogP contribution in [0.4, 0.5) is 0 Å². The molecule has 28 heavy (non-hydrogen) atoms. The van der Waals surface area contributed by atoms with E-state index in [0.717, 1.165) is 29.5 Å². The van der Waals surface area contributed by atoms with Gasteiger partial charge in [0.2, 0.25) is 5.91 Å². The highest BCUT2D eigenvalue weighted by atomic mass is 16.7. The molecule has 0 bridgehead atoms. The molecule has 0 aliphatic heterocycles. The molecule has 1 atom stereocenters. The summed E-state index contributed by atoms with van der Waals surface area (Å²) in [6, 6.07) is 4.00. The summed E-state index contributed by atoms with van der Waals surface area (Å²) in [6.45, 7) is 11.7. The Hall–Kier alpha value is -2.40. The van der Waals surface area contributed by atoms with Crippen molar-refractivity contribution in [1.29, 1.82) is 0 Å². The van der Waals surface area contributed by atoms with Crippen LogP contribution < -0.4 is 0 Å². The first-order chi connectivity index (χ1) is 13.3. The highest BCUT2D eigenvalue weighted by Crippen LogP contribution is 2.25. The highest BCUT2D eigenvalue weighted by molar-refractivity contribution is 5.93. The molecule has 5 nitrogen and oxygen atoms in total. The van der Waals surface area contributed by atoms with Crippen molar-refractivity contribution in [3.63, 3.8) is 0 Å². The molecule has 5 heteroatoms. The number of hydrogen-bond donors (Lipinski definition) is 0. The van der Waals surface area contributed by atoms with Gasteiger partial charge in [0.15, 0.2) is 0 Å². The van der Waals surface area contributed by atoms with Gasteiger partial charge in [-0.05, 0) is 56.6 Å². The van der Waals surface area contributed by atoms with Crippen LogP contribution in [0, 0.1) is 19.8 Å². The second-order valence-electron chi connectivity index (χ2n) is 7.04. The second-order valence-corrected chi connectivity index (χ2v) is 7.04. The van der Waals surface area contributed by atoms with Gasteiger partial charge in [-0.25, -0.2) is 9.86 Å². The minimum atomic E-state index is -0.322. The summed E-state index contributed by atoms with van der Waals surface area (Å²) in [5.74, 6) is -0.336. The van der Waals surface area contributed by atoms with Crippen LogP contribution in [-0.2, 0) is 20.8 Å². The lowest BCUT2D eigenvalue weighted by atomic mass is 9.87. The van der Waals surface area contributed by atoms with Crippen LogP contribution in [-0.4, -0.2) is 37.7 Å². The van der Waals surface area contributed by atoms with Gasteiger partial charge in [0.1, 0.15) is 0 Å². The Morgan fingerprint density at radius 2 is 1.86 bits per heavy atom. The maximum atomic E-state index is 12.7. The van der Waals surface area contributed by atoms with Crippen molar-refractivity contribution in [2.75, 3.05) is 20.8 Å². The Balaban J connectivity index is 3.11. The SMILES string of the molecule is C=CCCOC(=O)c1c(C)cc(C)cc1CC(CCC=C)CC(=O)N(C)OC. The standard InChI is InChI=1S/C23H33NO4/c1-7-9-11-19(16-21(25)24(5)27-6)15-20-14-17(3)13-18(4)22(20)23(26)28-12-10-8-2/h7-8,13-14,19H,1-2,9-12,15-16H2,3-6H3. The first-order valence-electron chi connectivity index (χ1n) is 9.63. The molecular weight excluding hydrogens is 354 g/mol. The van der Waals surface area contributed by atoms with E-state index in [1.807, 2.05) is 32.1 Å². The van der Waals surface area contributed by atoms with Crippen LogP contribution in [0.5, 0.6) is 0 Å². The lowest BCUT2D eigenvalue weighted by Crippen LogP contribution is -2.28. The summed E-state index contributed by atoms with van der Waals surface area (Å²) < 4.78 is 5.41. The van der Waals surface area contributed by atoms with Crippen molar-refractivity contribution >= 4 is 11.9 Å². The maximum absolute atomic E-state index is 12.7. The van der Waals surface area contributed by atoms with Crippen molar-refractivity contribution in [3.05, 3.63) is 59.7 Å². The van der Waals surface area contributed by atoms with E-state index < -0.39 is 0 Å². The van der Waals surface area contributed by atoms with E-state index in [2.05, 4.69) is 13.2 Å². The third-order valence-corrected chi connectivity index (χ3v) is 4.70. The summed E-state index contributed by atoms with van der Waals surface area (Å²) >= 11 is 0. The zero-order chi connectivity index (χ0) is 21.1. The summed E-state index contributed by atoms with van der Waals surface area (Å²) in [4.78, 5) is 30.0. The van der Waals surface area contributed by atoms with E-state index >= 15 is 0 Å². The van der Waals surface area contributed by atoms with E-state index in [0.29, 0.717) is 31.4 Å². The Labute approximate surface area is 169 Å². The first-order valence-corrected chi connectivity index (χ1v) is 9.63. The van der Waals surface area contributed by atoms with E-state index in [1.54, 1.807) is 13.1 Å². The van der Waals surface area contributed by atoms with Crippen LogP contribution in [0.2, 0.25) is 0 Å². The molecule has 0 aliphatic carbocycles. The van der Waals surface area contributed by atoms with E-state index in [1.165, 1.54) is 12.2 Å². The first kappa shape index (κ1) is 23.6. The normalized spacial score (nSPS) is 11.6. The monoisotopic (exact) mass is 387 g/mol. The van der Waals surface area contributed by atoms with Gasteiger partial charge >= 0.3 is 5.97 Å². The van der Waals surface area contributed by atoms with Crippen molar-refractivity contribution < 1.29 is 19.2 Å². The van der Waals surface area contributed by atoms with Gasteiger partial charge in [-0.2, -0.15) is 0 Å². The number of ether oxygens (including phenoxy) is 1. The number of carbonyl (C=O) groups excluding carboxylic acids is 2. The molecule has 0 N–H and O–H groups in total. The predicted molar refractivity (Wildman–Crippen MR) is 112 cm³/mol. The van der Waals surface area contributed by atoms with Gasteiger partial charge < -0.3 is 4.74 Å². The molecule has 0 aliphatic rings. The van der Waals surface area contributed by atoms with E-state index in [4.69, 9.17) is 9.57 Å². The molecule has 154 valence electrons. The number of hydrogen-bond acceptors (Lipinski definition) is 4. The Kier molecular flexibility index (Phi) is 10.2. The third-order valence-electron chi connectivity index (χ3n) is 4.70. The highest BCUT2D eigenvalue weighted by Gasteiger charge is 2.22. The minimum absolute atomic E-state index is 0.0732. The fraction of sp³-hybridized carbons (Fsp3) is 0.478. The van der Waals surface area contributed by atoms with Crippen molar-refractivity contribution in [3.8, 4) is 0 Å². The lowest BCUT2D eigenvalue weighted by molar-refractivity contribution is -0.169. The number of benzene rings is 1. The minimum Gasteiger partial charge on any atom is -0.462 e. The Morgan fingerprint density at radius 1 is 1.18 bits per heavy atom. The summed E-state index contributed by atoms with van der Waals surface area (Å²) in [5, 5.41) is 1.24. The summed E-state index contributed by atoms with van der Waals surface area (Å²) in [6.07, 6.45) is 6.76. The van der Waals surface area contributed by atoms with Gasteiger partial charge in [0, 0.05) is 13.5 Å². The zero-order valence-corrected chi connectivity index (χ0v) is 17.6. The lowest BCUT2D eigenvalue weighted by Gasteiger charge is -2.21. The smallest absolute Gasteiger partial charge is 0.338 e. The average Bonchev–Trinajstić information content (AvgIpc) is 2.64. The predicted octanol–water partition coefficient (Wildman–Crippen LogP) is 4.57. The number of hydroxylamine groups is 2. The molecule has 0 fully saturated rings. The van der Waals surface area contributed by atoms with Crippen molar-refractivity contribution in [1.82, 2.24) is 5.06 Å². The number of carbonyl (C=O) groups is 2. The van der Waals surface area contributed by atoms with Gasteiger partial charge in [0.05, 0.1) is 19.3 Å². The van der Waals surface area contributed by atoms with Gasteiger partial charge in [-0.3, -0.25) is 9.63 Å². The third kappa shape index (κ3) is 7.31. The molecular formula is C23H33NO4. The molecule has 1 rings (SSSR count). The molecule has 0 saturated carbocycles. The molecule has 1 amide bonds. The van der Waals surface area contributed by atoms with E-state index in [9.17, 15) is 9.59 Å². The molecule has 0 radical (unpaired) electrons. The largest absolute Gasteiger partial charge is 0.462 e. The molecule has 0 aromatic heterocycles. The Morgan fingerprint density at radius 3 is 2.46 bits per heavy atom. The van der Waals surface area contributed by atoms with Crippen LogP contribution in [0.15, 0.2) is 37.4 Å². The van der Waals surface area contributed by atoms with Crippen LogP contribution in [0.25, 0.3) is 0 Å². The molecule has 0 saturated heterocycles. The van der Waals surface area contributed by atoms with Gasteiger partial charge in [0.25, 0.3) is 0 Å². The fourth-order valence-corrected chi connectivity index (χ4v) is 3.23. The van der Waals surface area contributed by atoms with E-state index in [-0.39, 0.29) is 17.8 Å². The quantitative estimate of drug-likeness (QED) is 0.228. The molecule has 1 aromatic rings. The number of nitrogens with zero attached hydrogens (tertiary/aromatic N) is 1. The van der Waals surface area contributed by atoms with Gasteiger partial charge in [-0.1, -0.05) is 29.8 Å². The number of rotatable bonds is 12. The molecule has 0 heterocycles. The van der Waals surface area contributed by atoms with Crippen LogP contribution in [0.1, 0.15) is 52.7 Å². The van der Waals surface area contributed by atoms with Gasteiger partial charge in [-0.15, -0.1) is 13.2 Å². The number of esters is 1.